The van der Waals surface area contributed by atoms with Gasteiger partial charge in [0, 0.05) is 12.0 Å². The first-order valence-electron chi connectivity index (χ1n) is 11.7. The Balaban J connectivity index is 0.000000683. The fourth-order valence-corrected chi connectivity index (χ4v) is 3.11. The van der Waals surface area contributed by atoms with Gasteiger partial charge in [0.1, 0.15) is 6.29 Å². The van der Waals surface area contributed by atoms with Crippen molar-refractivity contribution in [1.82, 2.24) is 0 Å². The third-order valence-corrected chi connectivity index (χ3v) is 4.99. The predicted octanol–water partition coefficient (Wildman–Crippen LogP) is 7.32. The van der Waals surface area contributed by atoms with E-state index in [4.69, 9.17) is 14.9 Å². The molecule has 0 aliphatic carbocycles. The topological polar surface area (TPSA) is 83.8 Å². The van der Waals surface area contributed by atoms with E-state index in [9.17, 15) is 9.59 Å². The molecule has 5 heteroatoms. The molecular formula is C26H42O5. The Hall–Kier alpha value is -2.30. The number of hydrogen-bond donors (Lipinski definition) is 2. The van der Waals surface area contributed by atoms with Gasteiger partial charge in [-0.2, -0.15) is 0 Å². The SMILES string of the molecule is CCCCCCCC/C=C\CCCCCCCC(=O)O.COc1cc(C=O)ccc1O. The highest BCUT2D eigenvalue weighted by Crippen LogP contribution is 2.25. The lowest BCUT2D eigenvalue weighted by Crippen LogP contribution is -1.93. The van der Waals surface area contributed by atoms with Gasteiger partial charge >= 0.3 is 5.97 Å². The first-order valence-corrected chi connectivity index (χ1v) is 11.7. The molecule has 0 fully saturated rings. The number of rotatable bonds is 17. The Bertz CT molecular complexity index is 610. The number of carboxylic acid groups (broad SMARTS) is 1. The van der Waals surface area contributed by atoms with Crippen molar-refractivity contribution in [3.8, 4) is 11.5 Å². The summed E-state index contributed by atoms with van der Waals surface area (Å²) >= 11 is 0. The van der Waals surface area contributed by atoms with Crippen LogP contribution < -0.4 is 4.74 Å². The summed E-state index contributed by atoms with van der Waals surface area (Å²) in [7, 11) is 1.43. The van der Waals surface area contributed by atoms with Crippen molar-refractivity contribution < 1.29 is 24.5 Å². The molecule has 31 heavy (non-hydrogen) atoms. The Morgan fingerprint density at radius 3 is 1.97 bits per heavy atom. The highest BCUT2D eigenvalue weighted by molar-refractivity contribution is 5.76. The van der Waals surface area contributed by atoms with Crippen molar-refractivity contribution in [2.75, 3.05) is 7.11 Å². The maximum absolute atomic E-state index is 10.3. The number of aliphatic carboxylic acids is 1. The van der Waals surface area contributed by atoms with E-state index >= 15 is 0 Å². The number of carbonyl (C=O) groups excluding carboxylic acids is 1. The fraction of sp³-hybridized carbons (Fsp3) is 0.615. The molecule has 0 bridgehead atoms. The van der Waals surface area contributed by atoms with Gasteiger partial charge in [0.25, 0.3) is 0 Å². The van der Waals surface area contributed by atoms with Crippen LogP contribution in [0.4, 0.5) is 0 Å². The quantitative estimate of drug-likeness (QED) is 0.152. The average molecular weight is 435 g/mol. The molecule has 2 N–H and O–H groups in total. The standard InChI is InChI=1S/C18H34O2.C8H8O3/c1-2-3-4-5-6-7-8-9-10-11-12-13-14-15-16-17-18(19)20;1-11-8-4-6(5-9)2-3-7(8)10/h9-10H,2-8,11-17H2,1H3,(H,19,20);2-5,10H,1H3/b10-9-;. The van der Waals surface area contributed by atoms with Gasteiger partial charge < -0.3 is 14.9 Å². The van der Waals surface area contributed by atoms with Crippen molar-refractivity contribution in [2.24, 2.45) is 0 Å². The van der Waals surface area contributed by atoms with Crippen molar-refractivity contribution in [2.45, 2.75) is 96.8 Å². The number of phenols is 1. The normalized spacial score (nSPS) is 10.5. The van der Waals surface area contributed by atoms with Crippen molar-refractivity contribution in [3.63, 3.8) is 0 Å². The van der Waals surface area contributed by atoms with Crippen molar-refractivity contribution in [3.05, 3.63) is 35.9 Å². The maximum atomic E-state index is 10.3. The van der Waals surface area contributed by atoms with Crippen LogP contribution in [0.25, 0.3) is 0 Å². The summed E-state index contributed by atoms with van der Waals surface area (Å²) in [6, 6.07) is 4.41. The number of aldehydes is 1. The third-order valence-electron chi connectivity index (χ3n) is 4.99. The molecule has 1 rings (SSSR count). The Labute approximate surface area is 188 Å². The zero-order valence-corrected chi connectivity index (χ0v) is 19.5. The molecular weight excluding hydrogens is 392 g/mol. The van der Waals surface area contributed by atoms with Gasteiger partial charge in [-0.3, -0.25) is 9.59 Å². The maximum Gasteiger partial charge on any atom is 0.303 e. The van der Waals surface area contributed by atoms with Crippen LogP contribution in [-0.2, 0) is 4.79 Å². The Kier molecular flexibility index (Phi) is 19.4. The molecule has 0 aliphatic rings. The average Bonchev–Trinajstić information content (AvgIpc) is 2.77. The first-order chi connectivity index (χ1) is 15.0. The lowest BCUT2D eigenvalue weighted by atomic mass is 10.1. The van der Waals surface area contributed by atoms with E-state index in [2.05, 4.69) is 19.1 Å². The summed E-state index contributed by atoms with van der Waals surface area (Å²) in [5.74, 6) is -0.310. The highest BCUT2D eigenvalue weighted by atomic mass is 16.5. The zero-order valence-electron chi connectivity index (χ0n) is 19.5. The molecule has 0 aliphatic heterocycles. The molecule has 1 aromatic carbocycles. The number of allylic oxidation sites excluding steroid dienone is 2. The summed E-state index contributed by atoms with van der Waals surface area (Å²) in [4.78, 5) is 20.6. The zero-order chi connectivity index (χ0) is 23.2. The molecule has 0 atom stereocenters. The van der Waals surface area contributed by atoms with E-state index in [1.165, 1.54) is 95.9 Å². The van der Waals surface area contributed by atoms with Crippen molar-refractivity contribution in [1.29, 1.82) is 0 Å². The molecule has 0 aromatic heterocycles. The van der Waals surface area contributed by atoms with Crippen LogP contribution in [0.3, 0.4) is 0 Å². The van der Waals surface area contributed by atoms with Crippen LogP contribution in [0, 0.1) is 0 Å². The number of ether oxygens (including phenoxy) is 1. The fourth-order valence-electron chi connectivity index (χ4n) is 3.11. The van der Waals surface area contributed by atoms with Gasteiger partial charge in [-0.25, -0.2) is 0 Å². The van der Waals surface area contributed by atoms with E-state index < -0.39 is 5.97 Å². The second-order valence-electron chi connectivity index (χ2n) is 7.78. The van der Waals surface area contributed by atoms with E-state index in [-0.39, 0.29) is 5.75 Å². The Morgan fingerprint density at radius 2 is 1.45 bits per heavy atom. The summed E-state index contributed by atoms with van der Waals surface area (Å²) in [6.45, 7) is 2.26. The number of carbonyl (C=O) groups is 2. The number of carboxylic acids is 1. The van der Waals surface area contributed by atoms with Gasteiger partial charge in [0.2, 0.25) is 0 Å². The number of methoxy groups -OCH3 is 1. The van der Waals surface area contributed by atoms with E-state index in [0.717, 1.165) is 12.8 Å². The summed E-state index contributed by atoms with van der Waals surface area (Å²) in [5, 5.41) is 17.6. The van der Waals surface area contributed by atoms with E-state index in [0.29, 0.717) is 24.0 Å². The minimum atomic E-state index is -0.664. The summed E-state index contributed by atoms with van der Waals surface area (Å²) < 4.78 is 4.78. The monoisotopic (exact) mass is 434 g/mol. The number of hydrogen-bond acceptors (Lipinski definition) is 4. The summed E-state index contributed by atoms with van der Waals surface area (Å²) in [6.07, 6.45) is 21.9. The van der Waals surface area contributed by atoms with Crippen LogP contribution in [0.15, 0.2) is 30.4 Å². The van der Waals surface area contributed by atoms with E-state index in [1.807, 2.05) is 0 Å². The first kappa shape index (κ1) is 28.7. The Morgan fingerprint density at radius 1 is 0.903 bits per heavy atom. The number of aromatic hydroxyl groups is 1. The van der Waals surface area contributed by atoms with Gasteiger partial charge in [-0.05, 0) is 50.3 Å². The lowest BCUT2D eigenvalue weighted by molar-refractivity contribution is -0.137. The van der Waals surface area contributed by atoms with Gasteiger partial charge in [-0.15, -0.1) is 0 Å². The second kappa shape index (κ2) is 21.0. The number of phenolic OH excluding ortho intramolecular Hbond substituents is 1. The van der Waals surface area contributed by atoms with Crippen LogP contribution in [-0.4, -0.2) is 29.6 Å². The summed E-state index contributed by atoms with van der Waals surface area (Å²) in [5.41, 5.74) is 0.486. The van der Waals surface area contributed by atoms with Gasteiger partial charge in [-0.1, -0.05) is 70.4 Å². The van der Waals surface area contributed by atoms with Gasteiger partial charge in [0.05, 0.1) is 7.11 Å². The molecule has 0 amide bonds. The molecule has 0 radical (unpaired) electrons. The largest absolute Gasteiger partial charge is 0.504 e. The minimum Gasteiger partial charge on any atom is -0.504 e. The second-order valence-corrected chi connectivity index (χ2v) is 7.78. The number of benzene rings is 1. The predicted molar refractivity (Wildman–Crippen MR) is 127 cm³/mol. The van der Waals surface area contributed by atoms with Gasteiger partial charge in [0.15, 0.2) is 11.5 Å². The third kappa shape index (κ3) is 18.2. The number of unbranched alkanes of at least 4 members (excludes halogenated alkanes) is 11. The molecule has 0 saturated carbocycles. The molecule has 1 aromatic rings. The molecule has 0 spiro atoms. The highest BCUT2D eigenvalue weighted by Gasteiger charge is 2.00. The van der Waals surface area contributed by atoms with Crippen LogP contribution in [0.5, 0.6) is 11.5 Å². The molecule has 0 unspecified atom stereocenters. The molecule has 5 nitrogen and oxygen atoms in total. The lowest BCUT2D eigenvalue weighted by Gasteiger charge is -2.01. The van der Waals surface area contributed by atoms with Crippen LogP contribution in [0.1, 0.15) is 107 Å². The molecule has 0 saturated heterocycles. The smallest absolute Gasteiger partial charge is 0.303 e. The molecule has 0 heterocycles. The van der Waals surface area contributed by atoms with Crippen LogP contribution in [0.2, 0.25) is 0 Å². The van der Waals surface area contributed by atoms with Crippen molar-refractivity contribution >= 4 is 12.3 Å². The van der Waals surface area contributed by atoms with E-state index in [1.54, 1.807) is 0 Å². The van der Waals surface area contributed by atoms with Crippen LogP contribution >= 0.6 is 0 Å². The minimum absolute atomic E-state index is 0.0399. The molecule has 176 valence electrons.